The third-order valence-corrected chi connectivity index (χ3v) is 5.88. The number of aryl methyl sites for hydroxylation is 1. The number of nitrogens with zero attached hydrogens (tertiary/aromatic N) is 5. The largest absolute Gasteiger partial charge is 0.356 e. The lowest BCUT2D eigenvalue weighted by Gasteiger charge is -2.34. The van der Waals surface area contributed by atoms with Crippen LogP contribution in [0, 0.1) is 0 Å². The zero-order chi connectivity index (χ0) is 18.1. The average Bonchev–Trinajstić information content (AvgIpc) is 3.38. The quantitative estimate of drug-likeness (QED) is 0.714. The minimum Gasteiger partial charge on any atom is -0.356 e. The number of anilines is 1. The van der Waals surface area contributed by atoms with Crippen LogP contribution in [0.25, 0.3) is 0 Å². The fourth-order valence-corrected chi connectivity index (χ4v) is 4.59. The van der Waals surface area contributed by atoms with E-state index in [-0.39, 0.29) is 0 Å². The molecule has 5 nitrogen and oxygen atoms in total. The molecule has 0 spiro atoms. The summed E-state index contributed by atoms with van der Waals surface area (Å²) in [4.78, 5) is 16.4. The lowest BCUT2D eigenvalue weighted by atomic mass is 9.96. The van der Waals surface area contributed by atoms with E-state index in [1.54, 1.807) is 6.33 Å². The van der Waals surface area contributed by atoms with E-state index in [1.807, 2.05) is 6.20 Å². The van der Waals surface area contributed by atoms with Crippen molar-refractivity contribution < 1.29 is 0 Å². The molecule has 1 saturated heterocycles. The minimum absolute atomic E-state index is 0.449. The van der Waals surface area contributed by atoms with Crippen LogP contribution in [0.1, 0.15) is 47.8 Å². The molecule has 1 aliphatic heterocycles. The van der Waals surface area contributed by atoms with Crippen LogP contribution in [0.5, 0.6) is 0 Å². The number of benzene rings is 1. The maximum atomic E-state index is 4.74. The molecule has 5 heteroatoms. The maximum absolute atomic E-state index is 4.74. The number of piperidine rings is 1. The van der Waals surface area contributed by atoms with Gasteiger partial charge in [0, 0.05) is 49.2 Å². The molecule has 1 atom stereocenters. The number of hydrogen-bond acceptors (Lipinski definition) is 4. The SMILES string of the molecule is c1ccc(Cn2ccnc2[C@@H]2CCCN(c3ncnc4c3CCC4)C2)cc1. The van der Waals surface area contributed by atoms with Gasteiger partial charge in [-0.15, -0.1) is 0 Å². The molecule has 0 N–H and O–H groups in total. The van der Waals surface area contributed by atoms with E-state index >= 15 is 0 Å². The van der Waals surface area contributed by atoms with E-state index in [0.29, 0.717) is 5.92 Å². The van der Waals surface area contributed by atoms with E-state index in [1.165, 1.54) is 47.7 Å². The van der Waals surface area contributed by atoms with Crippen LogP contribution >= 0.6 is 0 Å². The summed E-state index contributed by atoms with van der Waals surface area (Å²) in [7, 11) is 0. The molecular formula is C22H25N5. The smallest absolute Gasteiger partial charge is 0.135 e. The Bertz CT molecular complexity index is 917. The Labute approximate surface area is 160 Å². The molecule has 1 fully saturated rings. The molecule has 3 heterocycles. The number of fused-ring (bicyclic) bond motifs is 1. The molecule has 0 radical (unpaired) electrons. The van der Waals surface area contributed by atoms with Crippen LogP contribution in [0.2, 0.25) is 0 Å². The molecule has 0 unspecified atom stereocenters. The standard InChI is InChI=1S/C22H25N5/c1-2-6-17(7-3-1)14-27-13-11-23-21(27)18-8-5-12-26(15-18)22-19-9-4-10-20(19)24-16-25-22/h1-3,6-7,11,13,16,18H,4-5,8-10,12,14-15H2/t18-/m1/s1. The van der Waals surface area contributed by atoms with E-state index in [9.17, 15) is 0 Å². The number of imidazole rings is 1. The predicted octanol–water partition coefficient (Wildman–Crippen LogP) is 3.59. The van der Waals surface area contributed by atoms with Crippen molar-refractivity contribution in [1.29, 1.82) is 0 Å². The Hall–Kier alpha value is -2.69. The van der Waals surface area contributed by atoms with E-state index in [0.717, 1.165) is 32.5 Å². The fourth-order valence-electron chi connectivity index (χ4n) is 4.59. The van der Waals surface area contributed by atoms with Crippen molar-refractivity contribution in [2.24, 2.45) is 0 Å². The van der Waals surface area contributed by atoms with Crippen molar-refractivity contribution in [3.63, 3.8) is 0 Å². The summed E-state index contributed by atoms with van der Waals surface area (Å²) >= 11 is 0. The normalized spacial score (nSPS) is 19.3. The van der Waals surface area contributed by atoms with Crippen LogP contribution in [0.15, 0.2) is 49.1 Å². The van der Waals surface area contributed by atoms with Gasteiger partial charge in [-0.3, -0.25) is 0 Å². The minimum atomic E-state index is 0.449. The molecule has 2 aromatic heterocycles. The first-order valence-corrected chi connectivity index (χ1v) is 10.0. The highest BCUT2D eigenvalue weighted by Crippen LogP contribution is 2.33. The molecule has 5 rings (SSSR count). The van der Waals surface area contributed by atoms with Gasteiger partial charge in [0.1, 0.15) is 18.0 Å². The van der Waals surface area contributed by atoms with Gasteiger partial charge in [0.05, 0.1) is 0 Å². The van der Waals surface area contributed by atoms with E-state index in [4.69, 9.17) is 4.98 Å². The fraction of sp³-hybridized carbons (Fsp3) is 0.409. The molecule has 0 amide bonds. The van der Waals surface area contributed by atoms with Gasteiger partial charge in [0.25, 0.3) is 0 Å². The van der Waals surface area contributed by atoms with Gasteiger partial charge >= 0.3 is 0 Å². The highest BCUT2D eigenvalue weighted by molar-refractivity contribution is 5.51. The Morgan fingerprint density at radius 3 is 2.85 bits per heavy atom. The summed E-state index contributed by atoms with van der Waals surface area (Å²) in [5, 5.41) is 0. The average molecular weight is 359 g/mol. The van der Waals surface area contributed by atoms with Gasteiger partial charge in [-0.2, -0.15) is 0 Å². The predicted molar refractivity (Wildman–Crippen MR) is 106 cm³/mol. The number of aromatic nitrogens is 4. The summed E-state index contributed by atoms with van der Waals surface area (Å²) < 4.78 is 2.31. The lowest BCUT2D eigenvalue weighted by Crippen LogP contribution is -2.36. The second kappa shape index (κ2) is 7.14. The van der Waals surface area contributed by atoms with Crippen molar-refractivity contribution in [3.05, 3.63) is 71.7 Å². The van der Waals surface area contributed by atoms with Gasteiger partial charge in [0.15, 0.2) is 0 Å². The van der Waals surface area contributed by atoms with Crippen LogP contribution in [0.4, 0.5) is 5.82 Å². The Balaban J connectivity index is 1.38. The monoisotopic (exact) mass is 359 g/mol. The van der Waals surface area contributed by atoms with Crippen LogP contribution in [0.3, 0.4) is 0 Å². The van der Waals surface area contributed by atoms with Gasteiger partial charge < -0.3 is 9.47 Å². The molecule has 0 saturated carbocycles. The number of rotatable bonds is 4. The second-order valence-electron chi connectivity index (χ2n) is 7.66. The van der Waals surface area contributed by atoms with Gasteiger partial charge in [-0.1, -0.05) is 30.3 Å². The lowest BCUT2D eigenvalue weighted by molar-refractivity contribution is 0.473. The highest BCUT2D eigenvalue weighted by atomic mass is 15.2. The summed E-state index contributed by atoms with van der Waals surface area (Å²) in [5.41, 5.74) is 3.96. The van der Waals surface area contributed by atoms with Crippen LogP contribution in [-0.4, -0.2) is 32.6 Å². The molecule has 3 aromatic rings. The topological polar surface area (TPSA) is 46.8 Å². The van der Waals surface area contributed by atoms with Gasteiger partial charge in [0.2, 0.25) is 0 Å². The van der Waals surface area contributed by atoms with Crippen molar-refractivity contribution in [2.45, 2.75) is 44.6 Å². The molecule has 1 aromatic carbocycles. The summed E-state index contributed by atoms with van der Waals surface area (Å²) in [6.45, 7) is 2.96. The van der Waals surface area contributed by atoms with E-state index < -0.39 is 0 Å². The van der Waals surface area contributed by atoms with E-state index in [2.05, 4.69) is 56.0 Å². The Kier molecular flexibility index (Phi) is 4.36. The molecule has 27 heavy (non-hydrogen) atoms. The third kappa shape index (κ3) is 3.22. The summed E-state index contributed by atoms with van der Waals surface area (Å²) in [5.74, 6) is 2.82. The molecule has 1 aliphatic carbocycles. The zero-order valence-corrected chi connectivity index (χ0v) is 15.6. The van der Waals surface area contributed by atoms with Crippen molar-refractivity contribution in [3.8, 4) is 0 Å². The second-order valence-corrected chi connectivity index (χ2v) is 7.66. The maximum Gasteiger partial charge on any atom is 0.135 e. The van der Waals surface area contributed by atoms with Crippen LogP contribution < -0.4 is 4.90 Å². The zero-order valence-electron chi connectivity index (χ0n) is 15.6. The molecule has 0 bridgehead atoms. The first-order chi connectivity index (χ1) is 13.4. The van der Waals surface area contributed by atoms with Crippen molar-refractivity contribution in [1.82, 2.24) is 19.5 Å². The summed E-state index contributed by atoms with van der Waals surface area (Å²) in [6, 6.07) is 10.6. The highest BCUT2D eigenvalue weighted by Gasteiger charge is 2.28. The molecular weight excluding hydrogens is 334 g/mol. The van der Waals surface area contributed by atoms with Crippen molar-refractivity contribution in [2.75, 3.05) is 18.0 Å². The van der Waals surface area contributed by atoms with Crippen molar-refractivity contribution >= 4 is 5.82 Å². The molecule has 138 valence electrons. The first-order valence-electron chi connectivity index (χ1n) is 10.0. The first kappa shape index (κ1) is 16.5. The molecule has 2 aliphatic rings. The Morgan fingerprint density at radius 2 is 1.93 bits per heavy atom. The Morgan fingerprint density at radius 1 is 1.00 bits per heavy atom. The van der Waals surface area contributed by atoms with Crippen LogP contribution in [-0.2, 0) is 19.4 Å². The van der Waals surface area contributed by atoms with Gasteiger partial charge in [-0.25, -0.2) is 15.0 Å². The third-order valence-electron chi connectivity index (χ3n) is 5.88. The van der Waals surface area contributed by atoms with Gasteiger partial charge in [-0.05, 0) is 37.7 Å². The summed E-state index contributed by atoms with van der Waals surface area (Å²) in [6.07, 6.45) is 11.6. The number of hydrogen-bond donors (Lipinski definition) is 0.